The van der Waals surface area contributed by atoms with E-state index in [4.69, 9.17) is 15.1 Å². The predicted octanol–water partition coefficient (Wildman–Crippen LogP) is 1.59. The van der Waals surface area contributed by atoms with Crippen molar-refractivity contribution in [2.75, 3.05) is 7.11 Å². The minimum atomic E-state index is -0.918. The van der Waals surface area contributed by atoms with Gasteiger partial charge in [0, 0.05) is 5.56 Å². The Labute approximate surface area is 99.4 Å². The Kier molecular flexibility index (Phi) is 4.59. The molecule has 0 bridgehead atoms. The van der Waals surface area contributed by atoms with Gasteiger partial charge in [0.2, 0.25) is 0 Å². The Morgan fingerprint density at radius 2 is 2.29 bits per heavy atom. The maximum atomic E-state index is 10.7. The highest BCUT2D eigenvalue weighted by atomic mass is 16.5. The van der Waals surface area contributed by atoms with E-state index in [1.165, 1.54) is 7.11 Å². The van der Waals surface area contributed by atoms with Crippen molar-refractivity contribution < 1.29 is 14.6 Å². The van der Waals surface area contributed by atoms with Crippen LogP contribution in [0, 0.1) is 23.2 Å². The Morgan fingerprint density at radius 1 is 1.53 bits per heavy atom. The predicted molar refractivity (Wildman–Crippen MR) is 61.4 cm³/mol. The first-order chi connectivity index (χ1) is 8.17. The zero-order valence-electron chi connectivity index (χ0n) is 9.36. The molecule has 4 heteroatoms. The van der Waals surface area contributed by atoms with E-state index in [9.17, 15) is 4.79 Å². The number of carboxylic acid groups (broad SMARTS) is 1. The molecular formula is C13H11NO3. The summed E-state index contributed by atoms with van der Waals surface area (Å²) in [6.45, 7) is 0. The third-order valence-electron chi connectivity index (χ3n) is 2.05. The fourth-order valence-electron chi connectivity index (χ4n) is 1.29. The van der Waals surface area contributed by atoms with Crippen LogP contribution in [0.4, 0.5) is 0 Å². The number of carboxylic acids is 1. The minimum absolute atomic E-state index is 0.0967. The van der Waals surface area contributed by atoms with Crippen molar-refractivity contribution in [3.63, 3.8) is 0 Å². The summed E-state index contributed by atoms with van der Waals surface area (Å²) in [5.41, 5.74) is 1.20. The van der Waals surface area contributed by atoms with E-state index >= 15 is 0 Å². The molecule has 4 nitrogen and oxygen atoms in total. The second kappa shape index (κ2) is 6.19. The summed E-state index contributed by atoms with van der Waals surface area (Å²) in [6, 6.07) is 6.93. The van der Waals surface area contributed by atoms with Gasteiger partial charge in [0.25, 0.3) is 0 Å². The number of carbonyl (C=O) groups is 1. The normalized spacial score (nSPS) is 8.71. The molecule has 0 saturated heterocycles. The van der Waals surface area contributed by atoms with E-state index in [-0.39, 0.29) is 12.8 Å². The maximum absolute atomic E-state index is 10.7. The van der Waals surface area contributed by atoms with Gasteiger partial charge in [-0.25, -0.2) is 0 Å². The third-order valence-corrected chi connectivity index (χ3v) is 2.05. The van der Waals surface area contributed by atoms with Crippen LogP contribution in [0.3, 0.4) is 0 Å². The Balaban J connectivity index is 3.09. The summed E-state index contributed by atoms with van der Waals surface area (Å²) in [5.74, 6) is 5.13. The number of hydrogen-bond donors (Lipinski definition) is 1. The largest absolute Gasteiger partial charge is 0.497 e. The van der Waals surface area contributed by atoms with Crippen LogP contribution in [0.1, 0.15) is 17.5 Å². The number of benzene rings is 1. The van der Waals surface area contributed by atoms with E-state index in [2.05, 4.69) is 11.8 Å². The lowest BCUT2D eigenvalue weighted by Crippen LogP contribution is -2.02. The average Bonchev–Trinajstić information content (AvgIpc) is 2.30. The Morgan fingerprint density at radius 3 is 2.88 bits per heavy atom. The first-order valence-electron chi connectivity index (χ1n) is 4.92. The third kappa shape index (κ3) is 3.89. The molecule has 0 spiro atoms. The van der Waals surface area contributed by atoms with Crippen molar-refractivity contribution in [2.24, 2.45) is 0 Å². The number of methoxy groups -OCH3 is 1. The van der Waals surface area contributed by atoms with Crippen molar-refractivity contribution in [3.8, 4) is 23.7 Å². The van der Waals surface area contributed by atoms with Gasteiger partial charge in [-0.05, 0) is 17.7 Å². The molecule has 0 heterocycles. The van der Waals surface area contributed by atoms with Crippen LogP contribution in [0.2, 0.25) is 0 Å². The lowest BCUT2D eigenvalue weighted by atomic mass is 10.0. The van der Waals surface area contributed by atoms with Gasteiger partial charge in [0.05, 0.1) is 26.0 Å². The lowest BCUT2D eigenvalue weighted by Gasteiger charge is -2.04. The van der Waals surface area contributed by atoms with Gasteiger partial charge in [0.15, 0.2) is 0 Å². The molecule has 17 heavy (non-hydrogen) atoms. The van der Waals surface area contributed by atoms with Gasteiger partial charge in [0.1, 0.15) is 5.75 Å². The molecule has 0 aliphatic rings. The van der Waals surface area contributed by atoms with E-state index in [0.717, 1.165) is 0 Å². The van der Waals surface area contributed by atoms with Crippen molar-refractivity contribution in [1.82, 2.24) is 0 Å². The van der Waals surface area contributed by atoms with Crippen molar-refractivity contribution in [3.05, 3.63) is 29.3 Å². The average molecular weight is 229 g/mol. The van der Waals surface area contributed by atoms with Crippen LogP contribution >= 0.6 is 0 Å². The number of hydrogen-bond acceptors (Lipinski definition) is 3. The van der Waals surface area contributed by atoms with Crippen LogP contribution in [-0.2, 0) is 11.2 Å². The van der Waals surface area contributed by atoms with Crippen molar-refractivity contribution in [1.29, 1.82) is 5.26 Å². The maximum Gasteiger partial charge on any atom is 0.307 e. The molecule has 0 aliphatic heterocycles. The molecule has 1 aromatic rings. The fourth-order valence-corrected chi connectivity index (χ4v) is 1.29. The van der Waals surface area contributed by atoms with Crippen molar-refractivity contribution in [2.45, 2.75) is 12.8 Å². The van der Waals surface area contributed by atoms with Crippen molar-refractivity contribution >= 4 is 5.97 Å². The highest BCUT2D eigenvalue weighted by Gasteiger charge is 2.06. The Bertz CT molecular complexity index is 518. The second-order valence-corrected chi connectivity index (χ2v) is 3.23. The highest BCUT2D eigenvalue weighted by molar-refractivity contribution is 5.71. The Hall–Kier alpha value is -2.46. The molecule has 0 radical (unpaired) electrons. The van der Waals surface area contributed by atoms with Crippen LogP contribution < -0.4 is 4.74 Å². The monoisotopic (exact) mass is 229 g/mol. The lowest BCUT2D eigenvalue weighted by molar-refractivity contribution is -0.136. The SMILES string of the molecule is COc1ccc(CC(=O)O)c(C#CCC#N)c1. The quantitative estimate of drug-likeness (QED) is 0.799. The van der Waals surface area contributed by atoms with Gasteiger partial charge >= 0.3 is 5.97 Å². The van der Waals surface area contributed by atoms with Gasteiger partial charge in [-0.3, -0.25) is 4.79 Å². The van der Waals surface area contributed by atoms with Crippen LogP contribution in [0.5, 0.6) is 5.75 Å². The fraction of sp³-hybridized carbons (Fsp3) is 0.231. The molecule has 1 N–H and O–H groups in total. The highest BCUT2D eigenvalue weighted by Crippen LogP contribution is 2.17. The van der Waals surface area contributed by atoms with Crippen LogP contribution in [0.15, 0.2) is 18.2 Å². The molecule has 86 valence electrons. The number of nitriles is 1. The smallest absolute Gasteiger partial charge is 0.307 e. The molecule has 0 unspecified atom stereocenters. The van der Waals surface area contributed by atoms with Gasteiger partial charge in [-0.2, -0.15) is 5.26 Å². The summed E-state index contributed by atoms with van der Waals surface area (Å²) < 4.78 is 5.04. The molecule has 0 amide bonds. The van der Waals surface area contributed by atoms with Gasteiger partial charge < -0.3 is 9.84 Å². The van der Waals surface area contributed by atoms with E-state index in [1.807, 2.05) is 6.07 Å². The molecule has 1 aromatic carbocycles. The molecule has 0 aliphatic carbocycles. The van der Waals surface area contributed by atoms with Gasteiger partial charge in [-0.1, -0.05) is 17.9 Å². The number of nitrogens with zero attached hydrogens (tertiary/aromatic N) is 1. The summed E-state index contributed by atoms with van der Waals surface area (Å²) in [7, 11) is 1.53. The summed E-state index contributed by atoms with van der Waals surface area (Å²) in [6.07, 6.45) is 0.0181. The first kappa shape index (κ1) is 12.6. The molecule has 0 atom stereocenters. The van der Waals surface area contributed by atoms with Crippen LogP contribution in [0.25, 0.3) is 0 Å². The summed E-state index contributed by atoms with van der Waals surface area (Å²) in [5, 5.41) is 17.1. The number of ether oxygens (including phenoxy) is 1. The zero-order valence-corrected chi connectivity index (χ0v) is 9.36. The van der Waals surface area contributed by atoms with E-state index < -0.39 is 5.97 Å². The molecule has 0 saturated carbocycles. The second-order valence-electron chi connectivity index (χ2n) is 3.23. The molecule has 0 fully saturated rings. The number of rotatable bonds is 3. The van der Waals surface area contributed by atoms with Gasteiger partial charge in [-0.15, -0.1) is 0 Å². The first-order valence-corrected chi connectivity index (χ1v) is 4.92. The topological polar surface area (TPSA) is 70.3 Å². The van der Waals surface area contributed by atoms with E-state index in [0.29, 0.717) is 16.9 Å². The zero-order chi connectivity index (χ0) is 12.7. The molecule has 1 rings (SSSR count). The molecule has 0 aromatic heterocycles. The summed E-state index contributed by atoms with van der Waals surface area (Å²) in [4.78, 5) is 10.7. The van der Waals surface area contributed by atoms with Crippen LogP contribution in [-0.4, -0.2) is 18.2 Å². The summed E-state index contributed by atoms with van der Waals surface area (Å²) >= 11 is 0. The number of aliphatic carboxylic acids is 1. The standard InChI is InChI=1S/C13H11NO3/c1-17-12-6-5-11(9-13(15)16)10(8-12)4-2-3-7-14/h5-6,8H,3,9H2,1H3,(H,15,16). The van der Waals surface area contributed by atoms with E-state index in [1.54, 1.807) is 18.2 Å². The minimum Gasteiger partial charge on any atom is -0.497 e. The molecular weight excluding hydrogens is 218 g/mol.